The third kappa shape index (κ3) is 5.46. The van der Waals surface area contributed by atoms with E-state index in [1.54, 1.807) is 31.4 Å². The lowest BCUT2D eigenvalue weighted by Crippen LogP contribution is -2.20. The molecule has 2 rings (SSSR count). The van der Waals surface area contributed by atoms with Crippen molar-refractivity contribution in [3.05, 3.63) is 40.5 Å². The Morgan fingerprint density at radius 3 is 1.61 bits per heavy atom. The first-order chi connectivity index (χ1) is 13.1. The zero-order valence-electron chi connectivity index (χ0n) is 15.0. The molecule has 10 heteroatoms. The third-order valence-electron chi connectivity index (χ3n) is 3.39. The summed E-state index contributed by atoms with van der Waals surface area (Å²) in [5, 5.41) is 5.45. The van der Waals surface area contributed by atoms with Crippen molar-refractivity contribution >= 4 is 96.9 Å². The molecule has 0 aliphatic heterocycles. The Labute approximate surface area is 202 Å². The third-order valence-corrected chi connectivity index (χ3v) is 6.63. The van der Waals surface area contributed by atoms with E-state index in [0.29, 0.717) is 33.6 Å². The molecule has 0 atom stereocenters. The molecule has 2 aromatic rings. The number of esters is 1. The van der Waals surface area contributed by atoms with Gasteiger partial charge in [-0.15, -0.1) is 0 Å². The zero-order valence-corrected chi connectivity index (χ0v) is 21.5. The fraction of sp³-hybridized carbons (Fsp3) is 0.167. The summed E-state index contributed by atoms with van der Waals surface area (Å²) in [4.78, 5) is 36.2. The molecule has 0 heterocycles. The van der Waals surface area contributed by atoms with Crippen LogP contribution in [0.1, 0.15) is 24.2 Å². The van der Waals surface area contributed by atoms with Crippen LogP contribution in [0.3, 0.4) is 0 Å². The Morgan fingerprint density at radius 1 is 0.786 bits per heavy atom. The lowest BCUT2D eigenvalue weighted by atomic mass is 10.1. The van der Waals surface area contributed by atoms with Crippen molar-refractivity contribution in [1.29, 1.82) is 0 Å². The van der Waals surface area contributed by atoms with Crippen molar-refractivity contribution in [2.75, 3.05) is 17.7 Å². The van der Waals surface area contributed by atoms with E-state index >= 15 is 0 Å². The molecule has 0 radical (unpaired) electrons. The van der Waals surface area contributed by atoms with Gasteiger partial charge in [0.1, 0.15) is 11.5 Å². The maximum Gasteiger partial charge on any atom is 0.345 e. The van der Waals surface area contributed by atoms with Gasteiger partial charge in [-0.1, -0.05) is 0 Å². The molecule has 2 amide bonds. The highest BCUT2D eigenvalue weighted by Crippen LogP contribution is 2.39. The first kappa shape index (κ1) is 23.1. The second-order valence-corrected chi connectivity index (χ2v) is 8.73. The number of carbonyl (C=O) groups is 3. The molecule has 0 unspecified atom stereocenters. The zero-order chi connectivity index (χ0) is 21.0. The molecule has 2 aromatic carbocycles. The van der Waals surface area contributed by atoms with Gasteiger partial charge in [0.15, 0.2) is 0 Å². The van der Waals surface area contributed by atoms with Crippen molar-refractivity contribution < 1.29 is 23.9 Å². The van der Waals surface area contributed by atoms with Crippen LogP contribution in [-0.2, 0) is 9.59 Å². The number of rotatable bonds is 5. The molecule has 0 aliphatic rings. The van der Waals surface area contributed by atoms with Crippen molar-refractivity contribution in [2.24, 2.45) is 0 Å². The van der Waals surface area contributed by atoms with Crippen LogP contribution in [0.25, 0.3) is 0 Å². The quantitative estimate of drug-likeness (QED) is 0.267. The Hall–Kier alpha value is -1.16. The Bertz CT molecular complexity index is 902. The van der Waals surface area contributed by atoms with Crippen LogP contribution in [0.5, 0.6) is 11.5 Å². The van der Waals surface area contributed by atoms with Gasteiger partial charge in [0.05, 0.1) is 34.8 Å². The van der Waals surface area contributed by atoms with E-state index in [0.717, 1.165) is 0 Å². The van der Waals surface area contributed by atoms with Gasteiger partial charge in [0.25, 0.3) is 0 Å². The molecule has 0 fully saturated rings. The van der Waals surface area contributed by atoms with Gasteiger partial charge in [-0.2, -0.15) is 0 Å². The van der Waals surface area contributed by atoms with E-state index in [4.69, 9.17) is 9.47 Å². The first-order valence-corrected chi connectivity index (χ1v) is 11.0. The Morgan fingerprint density at radius 2 is 1.21 bits per heavy atom. The summed E-state index contributed by atoms with van der Waals surface area (Å²) in [6.07, 6.45) is 0. The molecule has 7 nitrogen and oxygen atoms in total. The lowest BCUT2D eigenvalue weighted by molar-refractivity contribution is -0.115. The number of halogens is 3. The number of hydrogen-bond donors (Lipinski definition) is 2. The number of nitrogens with one attached hydrogen (secondary N) is 2. The van der Waals surface area contributed by atoms with Crippen molar-refractivity contribution in [1.82, 2.24) is 0 Å². The maximum absolute atomic E-state index is 12.9. The van der Waals surface area contributed by atoms with Crippen molar-refractivity contribution in [3.63, 3.8) is 0 Å². The van der Waals surface area contributed by atoms with Crippen molar-refractivity contribution in [2.45, 2.75) is 13.8 Å². The summed E-state index contributed by atoms with van der Waals surface area (Å²) in [5.74, 6) is -0.202. The first-order valence-electron chi connectivity index (χ1n) is 7.77. The number of ether oxygens (including phenoxy) is 2. The van der Waals surface area contributed by atoms with Crippen LogP contribution in [0, 0.1) is 10.7 Å². The summed E-state index contributed by atoms with van der Waals surface area (Å²) < 4.78 is 12.2. The summed E-state index contributed by atoms with van der Waals surface area (Å²) in [7, 11) is 1.55. The van der Waals surface area contributed by atoms with Gasteiger partial charge in [0.2, 0.25) is 11.8 Å². The highest BCUT2D eigenvalue weighted by atomic mass is 127. The highest BCUT2D eigenvalue weighted by Gasteiger charge is 2.27. The van der Waals surface area contributed by atoms with Crippen LogP contribution in [0.2, 0.25) is 0 Å². The molecule has 0 saturated carbocycles. The van der Waals surface area contributed by atoms with E-state index in [1.165, 1.54) is 13.8 Å². The predicted octanol–water partition coefficient (Wildman–Crippen LogP) is 4.65. The van der Waals surface area contributed by atoms with Crippen molar-refractivity contribution in [3.8, 4) is 11.5 Å². The number of methoxy groups -OCH3 is 1. The molecular weight excluding hydrogens is 705 g/mol. The second kappa shape index (κ2) is 10.0. The Balaban J connectivity index is 2.54. The number of carbonyl (C=O) groups excluding carboxylic acids is 3. The van der Waals surface area contributed by atoms with Gasteiger partial charge in [-0.05, 0) is 92.0 Å². The molecule has 28 heavy (non-hydrogen) atoms. The molecular formula is C18H15I3N2O5. The largest absolute Gasteiger partial charge is 0.497 e. The number of hydrogen-bond acceptors (Lipinski definition) is 5. The average molecular weight is 720 g/mol. The minimum atomic E-state index is -0.603. The molecule has 0 aliphatic carbocycles. The van der Waals surface area contributed by atoms with E-state index < -0.39 is 5.97 Å². The maximum atomic E-state index is 12.9. The van der Waals surface area contributed by atoms with Gasteiger partial charge in [-0.3, -0.25) is 9.59 Å². The fourth-order valence-electron chi connectivity index (χ4n) is 2.22. The van der Waals surface area contributed by atoms with E-state index in [9.17, 15) is 14.4 Å². The number of amides is 2. The summed E-state index contributed by atoms with van der Waals surface area (Å²) >= 11 is 6.00. The smallest absolute Gasteiger partial charge is 0.345 e. The van der Waals surface area contributed by atoms with E-state index in [1.807, 2.05) is 67.8 Å². The number of benzene rings is 2. The van der Waals surface area contributed by atoms with E-state index in [2.05, 4.69) is 10.6 Å². The lowest BCUT2D eigenvalue weighted by Gasteiger charge is -2.19. The molecule has 148 valence electrons. The van der Waals surface area contributed by atoms with Crippen LogP contribution in [0.4, 0.5) is 11.4 Å². The van der Waals surface area contributed by atoms with Crippen LogP contribution >= 0.6 is 67.8 Å². The molecule has 2 N–H and O–H groups in total. The minimum absolute atomic E-state index is 0.255. The monoisotopic (exact) mass is 720 g/mol. The van der Waals surface area contributed by atoms with Crippen LogP contribution in [0.15, 0.2) is 24.3 Å². The second-order valence-electron chi connectivity index (χ2n) is 5.49. The molecule has 0 spiro atoms. The standard InChI is InChI=1S/C18H15I3N2O5/c1-8(24)22-16-13(19)12(14(20)17(15(16)21)23-9(2)25)18(26)28-11-6-4-10(27-3)5-7-11/h4-7H,1-3H3,(H,22,24)(H,23,25). The molecule has 0 bridgehead atoms. The SMILES string of the molecule is COc1ccc(OC(=O)c2c(I)c(NC(C)=O)c(I)c(NC(C)=O)c2I)cc1. The topological polar surface area (TPSA) is 93.7 Å². The average Bonchev–Trinajstić information content (AvgIpc) is 2.62. The van der Waals surface area contributed by atoms with Crippen LogP contribution < -0.4 is 20.1 Å². The van der Waals surface area contributed by atoms with Gasteiger partial charge in [-0.25, -0.2) is 4.79 Å². The molecule has 0 aromatic heterocycles. The highest BCUT2D eigenvalue weighted by molar-refractivity contribution is 14.1. The summed E-state index contributed by atoms with van der Waals surface area (Å²) in [5.41, 5.74) is 1.14. The Kier molecular flexibility index (Phi) is 8.30. The number of anilines is 2. The predicted molar refractivity (Wildman–Crippen MR) is 131 cm³/mol. The summed E-state index contributed by atoms with van der Waals surface area (Å²) in [6, 6.07) is 6.59. The normalized spacial score (nSPS) is 10.2. The molecule has 0 saturated heterocycles. The van der Waals surface area contributed by atoms with E-state index in [-0.39, 0.29) is 17.4 Å². The fourth-order valence-corrected chi connectivity index (χ4v) is 6.36. The minimum Gasteiger partial charge on any atom is -0.497 e. The van der Waals surface area contributed by atoms with Crippen LogP contribution in [-0.4, -0.2) is 24.9 Å². The summed E-state index contributed by atoms with van der Waals surface area (Å²) in [6.45, 7) is 2.75. The van der Waals surface area contributed by atoms with Gasteiger partial charge in [0, 0.05) is 13.8 Å². The van der Waals surface area contributed by atoms with Gasteiger partial charge >= 0.3 is 5.97 Å². The van der Waals surface area contributed by atoms with Gasteiger partial charge < -0.3 is 20.1 Å².